The molecule has 0 spiro atoms. The van der Waals surface area contributed by atoms with Gasteiger partial charge in [-0.2, -0.15) is 0 Å². The quantitative estimate of drug-likeness (QED) is 0.921. The van der Waals surface area contributed by atoms with Crippen LogP contribution < -0.4 is 10.5 Å². The maximum absolute atomic E-state index is 12.9. The van der Waals surface area contributed by atoms with Gasteiger partial charge < -0.3 is 9.88 Å². The lowest BCUT2D eigenvalue weighted by Crippen LogP contribution is -2.26. The number of H-pyrrole nitrogens is 1. The predicted molar refractivity (Wildman–Crippen MR) is 82.6 cm³/mol. The first-order valence-electron chi connectivity index (χ1n) is 7.09. The first kappa shape index (κ1) is 13.9. The molecule has 3 rings (SSSR count). The van der Waals surface area contributed by atoms with Gasteiger partial charge in [0.05, 0.1) is 5.69 Å². The van der Waals surface area contributed by atoms with E-state index in [0.717, 1.165) is 23.5 Å². The Hall–Kier alpha value is -2.10. The van der Waals surface area contributed by atoms with Crippen molar-refractivity contribution in [1.82, 2.24) is 4.98 Å². The van der Waals surface area contributed by atoms with Gasteiger partial charge in [-0.05, 0) is 23.8 Å². The van der Waals surface area contributed by atoms with E-state index < -0.39 is 0 Å². The highest BCUT2D eigenvalue weighted by molar-refractivity contribution is 5.60. The number of rotatable bonds is 2. The van der Waals surface area contributed by atoms with E-state index in [2.05, 4.69) is 23.7 Å². The number of nitrogens with one attached hydrogen (secondary N) is 1. The number of benzene rings is 1. The summed E-state index contributed by atoms with van der Waals surface area (Å²) in [7, 11) is 2.04. The Balaban J connectivity index is 2.00. The smallest absolute Gasteiger partial charge is 0.251 e. The van der Waals surface area contributed by atoms with Crippen molar-refractivity contribution in [2.24, 2.45) is 0 Å². The maximum Gasteiger partial charge on any atom is 0.251 e. The molecule has 1 N–H and O–H groups in total. The molecule has 0 aliphatic carbocycles. The second-order valence-electron chi connectivity index (χ2n) is 6.43. The Morgan fingerprint density at radius 3 is 2.62 bits per heavy atom. The minimum Gasteiger partial charge on any atom is -0.372 e. The number of hydrogen-bond donors (Lipinski definition) is 1. The van der Waals surface area contributed by atoms with Crippen LogP contribution in [-0.4, -0.2) is 18.6 Å². The van der Waals surface area contributed by atoms with Gasteiger partial charge in [0.25, 0.3) is 5.56 Å². The Kier molecular flexibility index (Phi) is 3.12. The third kappa shape index (κ3) is 2.46. The van der Waals surface area contributed by atoms with Crippen molar-refractivity contribution in [3.63, 3.8) is 0 Å². The molecule has 0 saturated heterocycles. The number of anilines is 1. The van der Waals surface area contributed by atoms with Gasteiger partial charge in [0, 0.05) is 36.7 Å². The first-order chi connectivity index (χ1) is 9.87. The van der Waals surface area contributed by atoms with Crippen LogP contribution in [0.3, 0.4) is 0 Å². The molecule has 1 aliphatic rings. The molecule has 1 aromatic heterocycles. The molecule has 2 aromatic rings. The average molecular weight is 286 g/mol. The van der Waals surface area contributed by atoms with Crippen molar-refractivity contribution in [3.05, 3.63) is 63.3 Å². The van der Waals surface area contributed by atoms with Crippen LogP contribution in [0, 0.1) is 5.82 Å². The second kappa shape index (κ2) is 4.72. The summed E-state index contributed by atoms with van der Waals surface area (Å²) >= 11 is 0. The van der Waals surface area contributed by atoms with Gasteiger partial charge in [-0.25, -0.2) is 4.39 Å². The molecule has 0 unspecified atom stereocenters. The number of pyridine rings is 1. The monoisotopic (exact) mass is 286 g/mol. The van der Waals surface area contributed by atoms with Crippen LogP contribution in [0.2, 0.25) is 0 Å². The van der Waals surface area contributed by atoms with Gasteiger partial charge in [0.2, 0.25) is 0 Å². The lowest BCUT2D eigenvalue weighted by molar-refractivity contribution is 0.547. The molecule has 3 nitrogen and oxygen atoms in total. The summed E-state index contributed by atoms with van der Waals surface area (Å²) in [5, 5.41) is 0. The standard InChI is InChI=1S/C17H19FN2O/c1-17(2)10-20(3)14-9-12(16(21)19-15(14)17)8-11-4-6-13(18)7-5-11/h4-7,9H,8,10H2,1-3H3,(H,19,21). The second-order valence-corrected chi connectivity index (χ2v) is 6.43. The molecule has 2 heterocycles. The van der Waals surface area contributed by atoms with Crippen molar-refractivity contribution >= 4 is 5.69 Å². The number of aromatic nitrogens is 1. The molecule has 1 aromatic carbocycles. The fraction of sp³-hybridized carbons (Fsp3) is 0.353. The fourth-order valence-electron chi connectivity index (χ4n) is 3.09. The number of halogens is 1. The lowest BCUT2D eigenvalue weighted by atomic mass is 9.91. The summed E-state index contributed by atoms with van der Waals surface area (Å²) in [5.74, 6) is -0.261. The van der Waals surface area contributed by atoms with Gasteiger partial charge in [0.15, 0.2) is 0 Å². The van der Waals surface area contributed by atoms with Crippen molar-refractivity contribution in [1.29, 1.82) is 0 Å². The fourth-order valence-corrected chi connectivity index (χ4v) is 3.09. The van der Waals surface area contributed by atoms with Gasteiger partial charge in [-0.1, -0.05) is 26.0 Å². The number of likely N-dealkylation sites (N-methyl/N-ethyl adjacent to an activating group) is 1. The molecular weight excluding hydrogens is 267 g/mol. The molecule has 0 radical (unpaired) electrons. The van der Waals surface area contributed by atoms with Gasteiger partial charge in [-0.3, -0.25) is 4.79 Å². The zero-order chi connectivity index (χ0) is 15.2. The Bertz CT molecular complexity index is 731. The minimum absolute atomic E-state index is 0.0440. The van der Waals surface area contributed by atoms with Gasteiger partial charge >= 0.3 is 0 Å². The Morgan fingerprint density at radius 1 is 1.29 bits per heavy atom. The highest BCUT2D eigenvalue weighted by Crippen LogP contribution is 2.37. The van der Waals surface area contributed by atoms with Crippen LogP contribution in [0.25, 0.3) is 0 Å². The van der Waals surface area contributed by atoms with Crippen molar-refractivity contribution in [2.45, 2.75) is 25.7 Å². The van der Waals surface area contributed by atoms with E-state index in [-0.39, 0.29) is 16.8 Å². The summed E-state index contributed by atoms with van der Waals surface area (Å²) in [6.45, 7) is 5.15. The lowest BCUT2D eigenvalue weighted by Gasteiger charge is -2.17. The van der Waals surface area contributed by atoms with E-state index in [4.69, 9.17) is 0 Å². The topological polar surface area (TPSA) is 36.1 Å². The Labute approximate surface area is 123 Å². The Morgan fingerprint density at radius 2 is 1.95 bits per heavy atom. The summed E-state index contributed by atoms with van der Waals surface area (Å²) < 4.78 is 12.9. The van der Waals surface area contributed by atoms with Gasteiger partial charge in [-0.15, -0.1) is 0 Å². The normalized spacial score (nSPS) is 16.1. The zero-order valence-electron chi connectivity index (χ0n) is 12.5. The zero-order valence-corrected chi connectivity index (χ0v) is 12.5. The molecule has 1 aliphatic heterocycles. The number of aromatic amines is 1. The summed E-state index contributed by atoms with van der Waals surface area (Å²) in [5.41, 5.74) is 3.63. The molecule has 21 heavy (non-hydrogen) atoms. The summed E-state index contributed by atoms with van der Waals surface area (Å²) in [4.78, 5) is 17.5. The maximum atomic E-state index is 12.9. The minimum atomic E-state index is -0.261. The number of fused-ring (bicyclic) bond motifs is 1. The highest BCUT2D eigenvalue weighted by atomic mass is 19.1. The molecule has 0 bridgehead atoms. The third-order valence-electron chi connectivity index (χ3n) is 4.13. The van der Waals surface area contributed by atoms with E-state index in [1.807, 2.05) is 13.1 Å². The molecule has 0 saturated carbocycles. The number of nitrogens with zero attached hydrogens (tertiary/aromatic N) is 1. The van der Waals surface area contributed by atoms with E-state index in [1.165, 1.54) is 12.1 Å². The van der Waals surface area contributed by atoms with E-state index in [1.54, 1.807) is 12.1 Å². The van der Waals surface area contributed by atoms with Crippen molar-refractivity contribution in [3.8, 4) is 0 Å². The SMILES string of the molecule is CN1CC(C)(C)c2[nH]c(=O)c(Cc3ccc(F)cc3)cc21. The largest absolute Gasteiger partial charge is 0.372 e. The van der Waals surface area contributed by atoms with E-state index >= 15 is 0 Å². The molecule has 110 valence electrons. The van der Waals surface area contributed by atoms with Crippen LogP contribution in [0.4, 0.5) is 10.1 Å². The first-order valence-corrected chi connectivity index (χ1v) is 7.09. The molecule has 0 amide bonds. The van der Waals surface area contributed by atoms with Crippen LogP contribution in [0.5, 0.6) is 0 Å². The predicted octanol–water partition coefficient (Wildman–Crippen LogP) is 2.83. The number of hydrogen-bond acceptors (Lipinski definition) is 2. The van der Waals surface area contributed by atoms with Crippen LogP contribution in [-0.2, 0) is 11.8 Å². The molecular formula is C17H19FN2O. The van der Waals surface area contributed by atoms with Crippen molar-refractivity contribution < 1.29 is 4.39 Å². The van der Waals surface area contributed by atoms with E-state index in [9.17, 15) is 9.18 Å². The van der Waals surface area contributed by atoms with Crippen molar-refractivity contribution in [2.75, 3.05) is 18.5 Å². The molecule has 0 atom stereocenters. The van der Waals surface area contributed by atoms with Crippen LogP contribution in [0.1, 0.15) is 30.7 Å². The molecule has 4 heteroatoms. The van der Waals surface area contributed by atoms with Crippen LogP contribution >= 0.6 is 0 Å². The highest BCUT2D eigenvalue weighted by Gasteiger charge is 2.34. The van der Waals surface area contributed by atoms with Crippen LogP contribution in [0.15, 0.2) is 35.1 Å². The summed E-state index contributed by atoms with van der Waals surface area (Å²) in [6.07, 6.45) is 0.511. The van der Waals surface area contributed by atoms with E-state index in [0.29, 0.717) is 12.0 Å². The summed E-state index contributed by atoms with van der Waals surface area (Å²) in [6, 6.07) is 8.25. The average Bonchev–Trinajstić information content (AvgIpc) is 2.63. The molecule has 0 fully saturated rings. The van der Waals surface area contributed by atoms with Gasteiger partial charge in [0.1, 0.15) is 5.82 Å². The third-order valence-corrected chi connectivity index (χ3v) is 4.13.